The number of hydrogen-bond donors (Lipinski definition) is 0. The van der Waals surface area contributed by atoms with Gasteiger partial charge in [0.05, 0.1) is 24.4 Å². The Kier molecular flexibility index (Phi) is 9.81. The quantitative estimate of drug-likeness (QED) is 0.178. The minimum Gasteiger partial charge on any atom is -0.305 e. The predicted molar refractivity (Wildman–Crippen MR) is 192 cm³/mol. The van der Waals surface area contributed by atoms with Gasteiger partial charge in [0.2, 0.25) is 0 Å². The van der Waals surface area contributed by atoms with E-state index in [1.807, 2.05) is 55.4 Å². The molecule has 9 heteroatoms. The Bertz CT molecular complexity index is 1240. The molecule has 0 radical (unpaired) electrons. The van der Waals surface area contributed by atoms with Crippen molar-refractivity contribution in [3.05, 3.63) is 29.1 Å². The van der Waals surface area contributed by atoms with E-state index in [0.717, 1.165) is 41.1 Å². The molecule has 8 aliphatic carbocycles. The topological polar surface area (TPSA) is 84.0 Å². The molecule has 270 valence electrons. The van der Waals surface area contributed by atoms with E-state index in [-0.39, 0.29) is 17.3 Å². The average molecular weight is 704 g/mol. The predicted octanol–water partition coefficient (Wildman–Crippen LogP) is 11.0. The van der Waals surface area contributed by atoms with Gasteiger partial charge in [-0.2, -0.15) is 0 Å². The molecule has 48 heavy (non-hydrogen) atoms. The van der Waals surface area contributed by atoms with E-state index in [4.69, 9.17) is 23.1 Å². The Balaban J connectivity index is 1.37. The van der Waals surface area contributed by atoms with E-state index in [1.54, 1.807) is 0 Å². The van der Waals surface area contributed by atoms with Crippen molar-refractivity contribution in [2.24, 2.45) is 35.5 Å². The summed E-state index contributed by atoms with van der Waals surface area (Å²) in [6.45, 7) is 14.8. The molecule has 1 aromatic heterocycles. The number of aromatic nitrogens is 1. The van der Waals surface area contributed by atoms with Crippen LogP contribution in [0.25, 0.3) is 0 Å². The zero-order chi connectivity index (χ0) is 34.2. The molecule has 8 fully saturated rings. The number of pyridine rings is 1. The highest BCUT2D eigenvalue weighted by molar-refractivity contribution is 7.72. The first-order chi connectivity index (χ1) is 22.6. The molecule has 0 unspecified atom stereocenters. The summed E-state index contributed by atoms with van der Waals surface area (Å²) in [4.78, 5) is 5.78. The molecule has 0 amide bonds. The third kappa shape index (κ3) is 6.98. The first kappa shape index (κ1) is 35.8. The SMILES string of the molecule is CC(C)OP(=O)(OC(C)C)C(Cc1cc(C23CC4CC(CC(C4)C2)C3)nc(C23CC4CC(CC(C4)C2)C3)c1)P(=O)(OC(C)C)OC(C)C. The van der Waals surface area contributed by atoms with Gasteiger partial charge in [-0.25, -0.2) is 0 Å². The van der Waals surface area contributed by atoms with Crippen molar-refractivity contribution in [3.8, 4) is 0 Å². The van der Waals surface area contributed by atoms with Crippen LogP contribution in [-0.2, 0) is 44.5 Å². The molecule has 9 rings (SSSR count). The fourth-order valence-electron chi connectivity index (χ4n) is 12.2. The van der Waals surface area contributed by atoms with Crippen LogP contribution in [0.3, 0.4) is 0 Å². The molecule has 0 aliphatic heterocycles. The first-order valence-corrected chi connectivity index (χ1v) is 22.7. The van der Waals surface area contributed by atoms with Gasteiger partial charge in [0.25, 0.3) is 0 Å². The largest absolute Gasteiger partial charge is 0.346 e. The van der Waals surface area contributed by atoms with Crippen molar-refractivity contribution >= 4 is 15.2 Å². The highest BCUT2D eigenvalue weighted by Gasteiger charge is 2.57. The maximum atomic E-state index is 15.2. The minimum atomic E-state index is -4.02. The highest BCUT2D eigenvalue weighted by atomic mass is 31.2. The second-order valence-electron chi connectivity index (χ2n) is 18.5. The lowest BCUT2D eigenvalue weighted by Gasteiger charge is -2.58. The van der Waals surface area contributed by atoms with Crippen LogP contribution < -0.4 is 0 Å². The highest BCUT2D eigenvalue weighted by Crippen LogP contribution is 2.73. The fourth-order valence-corrected chi connectivity index (χ4v) is 18.1. The molecule has 0 atom stereocenters. The van der Waals surface area contributed by atoms with Crippen LogP contribution in [0.2, 0.25) is 0 Å². The van der Waals surface area contributed by atoms with Crippen molar-refractivity contribution in [2.75, 3.05) is 0 Å². The van der Waals surface area contributed by atoms with Gasteiger partial charge in [0.15, 0.2) is 5.40 Å². The maximum Gasteiger partial charge on any atom is 0.346 e. The van der Waals surface area contributed by atoms with Crippen LogP contribution in [0.15, 0.2) is 12.1 Å². The molecule has 0 N–H and O–H groups in total. The van der Waals surface area contributed by atoms with Crippen molar-refractivity contribution in [3.63, 3.8) is 0 Å². The Labute approximate surface area is 290 Å². The zero-order valence-corrected chi connectivity index (χ0v) is 32.8. The second kappa shape index (κ2) is 13.1. The summed E-state index contributed by atoms with van der Waals surface area (Å²) in [6.07, 6.45) is 14.3. The van der Waals surface area contributed by atoms with Crippen molar-refractivity contribution in [1.29, 1.82) is 0 Å². The van der Waals surface area contributed by atoms with Gasteiger partial charge < -0.3 is 18.1 Å². The number of rotatable bonds is 14. The van der Waals surface area contributed by atoms with Crippen LogP contribution in [0.1, 0.15) is 149 Å². The van der Waals surface area contributed by atoms with Crippen molar-refractivity contribution in [2.45, 2.75) is 180 Å². The third-order valence-electron chi connectivity index (χ3n) is 12.6. The Hall–Kier alpha value is -0.550. The Morgan fingerprint density at radius 2 is 0.833 bits per heavy atom. The monoisotopic (exact) mass is 703 g/mol. The van der Waals surface area contributed by atoms with Crippen LogP contribution in [-0.4, -0.2) is 34.8 Å². The summed E-state index contributed by atoms with van der Waals surface area (Å²) in [7, 11) is -8.04. The van der Waals surface area contributed by atoms with E-state index < -0.39 is 45.0 Å². The number of nitrogens with zero attached hydrogens (tertiary/aromatic N) is 1. The summed E-state index contributed by atoms with van der Waals surface area (Å²) >= 11 is 0. The molecular formula is C39H63NO6P2. The summed E-state index contributed by atoms with van der Waals surface area (Å²) < 4.78 is 55.3. The smallest absolute Gasteiger partial charge is 0.305 e. The molecule has 7 nitrogen and oxygen atoms in total. The second-order valence-corrected chi connectivity index (χ2v) is 23.2. The van der Waals surface area contributed by atoms with Gasteiger partial charge in [-0.3, -0.25) is 14.1 Å². The molecule has 1 aromatic rings. The van der Waals surface area contributed by atoms with E-state index in [9.17, 15) is 0 Å². The molecule has 8 aliphatic rings. The van der Waals surface area contributed by atoms with Crippen LogP contribution in [0, 0.1) is 35.5 Å². The Morgan fingerprint density at radius 1 is 0.562 bits per heavy atom. The van der Waals surface area contributed by atoms with Crippen LogP contribution in [0.5, 0.6) is 0 Å². The lowest BCUT2D eigenvalue weighted by molar-refractivity contribution is -0.0125. The fraction of sp³-hybridized carbons (Fsp3) is 0.872. The van der Waals surface area contributed by atoms with E-state index in [1.165, 1.54) is 88.4 Å². The van der Waals surface area contributed by atoms with Crippen LogP contribution >= 0.6 is 15.2 Å². The van der Waals surface area contributed by atoms with Crippen molar-refractivity contribution < 1.29 is 27.2 Å². The van der Waals surface area contributed by atoms with Gasteiger partial charge in [-0.05, 0) is 192 Å². The molecule has 0 saturated heterocycles. The molecule has 0 aromatic carbocycles. The minimum absolute atomic E-state index is 0.108. The Morgan fingerprint density at radius 3 is 1.08 bits per heavy atom. The molecule has 8 bridgehead atoms. The summed E-state index contributed by atoms with van der Waals surface area (Å²) in [5.41, 5.74) is 3.74. The number of hydrogen-bond acceptors (Lipinski definition) is 7. The van der Waals surface area contributed by atoms with Crippen molar-refractivity contribution in [1.82, 2.24) is 4.98 Å². The maximum absolute atomic E-state index is 15.2. The van der Waals surface area contributed by atoms with Gasteiger partial charge in [-0.1, -0.05) is 0 Å². The summed E-state index contributed by atoms with van der Waals surface area (Å²) in [5.74, 6) is 4.81. The van der Waals surface area contributed by atoms with E-state index in [0.29, 0.717) is 0 Å². The molecular weight excluding hydrogens is 640 g/mol. The third-order valence-corrected chi connectivity index (χ3v) is 19.0. The summed E-state index contributed by atoms with van der Waals surface area (Å²) in [6, 6.07) is 4.63. The first-order valence-electron chi connectivity index (χ1n) is 19.5. The lowest BCUT2D eigenvalue weighted by Crippen LogP contribution is -2.50. The standard InChI is InChI=1S/C39H63NO6P2/c1-24(2)43-47(41,44-25(3)4)37(48(42,45-26(5)6)46-27(7)8)17-28-15-35(38-18-29-9-30(19-38)11-31(10-29)20-38)40-36(16-28)39-21-32-12-33(22-39)14-34(13-32)23-39/h15-16,24-27,29-34,37H,9-14,17-23H2,1-8H3. The molecule has 0 spiro atoms. The zero-order valence-electron chi connectivity index (χ0n) is 31.0. The normalized spacial score (nSPS) is 35.8. The summed E-state index contributed by atoms with van der Waals surface area (Å²) in [5, 5.41) is -1.10. The van der Waals surface area contributed by atoms with Crippen LogP contribution in [0.4, 0.5) is 0 Å². The van der Waals surface area contributed by atoms with Gasteiger partial charge in [-0.15, -0.1) is 0 Å². The van der Waals surface area contributed by atoms with Gasteiger partial charge >= 0.3 is 15.2 Å². The average Bonchev–Trinajstić information content (AvgIpc) is 2.92. The lowest BCUT2D eigenvalue weighted by atomic mass is 9.48. The van der Waals surface area contributed by atoms with Gasteiger partial charge in [0, 0.05) is 22.2 Å². The molecule has 8 saturated carbocycles. The molecule has 1 heterocycles. The van der Waals surface area contributed by atoms with Gasteiger partial charge in [0.1, 0.15) is 0 Å². The van der Waals surface area contributed by atoms with E-state index in [2.05, 4.69) is 12.1 Å². The van der Waals surface area contributed by atoms with E-state index >= 15 is 9.13 Å².